The number of aliphatic imine (C=N–C) groups is 1. The molecule has 0 bridgehead atoms. The van der Waals surface area contributed by atoms with E-state index in [9.17, 15) is 0 Å². The van der Waals surface area contributed by atoms with Gasteiger partial charge in [-0.05, 0) is 25.3 Å². The number of hydrazine groups is 1. The zero-order valence-electron chi connectivity index (χ0n) is 10.2. The minimum atomic E-state index is 0.841. The molecule has 0 fully saturated rings. The molecule has 16 heavy (non-hydrogen) atoms. The normalized spacial score (nSPS) is 11.6. The van der Waals surface area contributed by atoms with E-state index in [1.54, 1.807) is 0 Å². The summed E-state index contributed by atoms with van der Waals surface area (Å²) >= 11 is 0. The van der Waals surface area contributed by atoms with Gasteiger partial charge in [0.05, 0.1) is 0 Å². The summed E-state index contributed by atoms with van der Waals surface area (Å²) in [4.78, 5) is 4.37. The Morgan fingerprint density at radius 3 is 2.56 bits per heavy atom. The number of rotatable bonds is 5. The van der Waals surface area contributed by atoms with Crippen LogP contribution in [-0.4, -0.2) is 12.4 Å². The molecule has 0 unspecified atom stereocenters. The molecule has 0 saturated carbocycles. The first kappa shape index (κ1) is 12.7. The fraction of sp³-hybridized carbons (Fsp3) is 0.462. The van der Waals surface area contributed by atoms with Crippen LogP contribution in [0.4, 0.5) is 0 Å². The number of aryl methyl sites for hydroxylation is 2. The summed E-state index contributed by atoms with van der Waals surface area (Å²) in [7, 11) is 0. The quantitative estimate of drug-likeness (QED) is 0.345. The van der Waals surface area contributed by atoms with Crippen molar-refractivity contribution >= 4 is 5.84 Å². The van der Waals surface area contributed by atoms with Crippen LogP contribution in [0.15, 0.2) is 29.3 Å². The highest BCUT2D eigenvalue weighted by atomic mass is 15.2. The summed E-state index contributed by atoms with van der Waals surface area (Å²) in [6.07, 6.45) is 2.91. The number of amidine groups is 1. The minimum Gasteiger partial charge on any atom is -0.312 e. The molecule has 1 rings (SSSR count). The Balaban J connectivity index is 2.46. The molecular weight excluding hydrogens is 198 g/mol. The van der Waals surface area contributed by atoms with Crippen LogP contribution in [-0.2, 0) is 6.42 Å². The van der Waals surface area contributed by atoms with Gasteiger partial charge in [0.1, 0.15) is 5.84 Å². The lowest BCUT2D eigenvalue weighted by atomic mass is 10.1. The van der Waals surface area contributed by atoms with E-state index in [0.29, 0.717) is 0 Å². The molecule has 0 aromatic heterocycles. The molecule has 0 radical (unpaired) electrons. The van der Waals surface area contributed by atoms with Crippen molar-refractivity contribution < 1.29 is 0 Å². The molecular formula is C13H21N3. The van der Waals surface area contributed by atoms with E-state index < -0.39 is 0 Å². The maximum atomic E-state index is 5.42. The van der Waals surface area contributed by atoms with Crippen molar-refractivity contribution in [1.82, 2.24) is 5.43 Å². The van der Waals surface area contributed by atoms with Crippen molar-refractivity contribution in [2.45, 2.75) is 33.1 Å². The van der Waals surface area contributed by atoms with Gasteiger partial charge in [0, 0.05) is 13.0 Å². The van der Waals surface area contributed by atoms with E-state index in [4.69, 9.17) is 5.84 Å². The van der Waals surface area contributed by atoms with Crippen molar-refractivity contribution in [1.29, 1.82) is 0 Å². The van der Waals surface area contributed by atoms with Gasteiger partial charge < -0.3 is 5.43 Å². The lowest BCUT2D eigenvalue weighted by molar-refractivity contribution is 0.869. The van der Waals surface area contributed by atoms with Crippen LogP contribution in [0.25, 0.3) is 0 Å². The monoisotopic (exact) mass is 219 g/mol. The summed E-state index contributed by atoms with van der Waals surface area (Å²) in [6.45, 7) is 5.05. The topological polar surface area (TPSA) is 50.4 Å². The molecule has 3 N–H and O–H groups in total. The fourth-order valence-corrected chi connectivity index (χ4v) is 1.46. The number of benzene rings is 1. The Morgan fingerprint density at radius 1 is 1.31 bits per heavy atom. The Bertz CT molecular complexity index is 328. The summed E-state index contributed by atoms with van der Waals surface area (Å²) in [6, 6.07) is 8.58. The third-order valence-electron chi connectivity index (χ3n) is 2.46. The van der Waals surface area contributed by atoms with Gasteiger partial charge >= 0.3 is 0 Å². The van der Waals surface area contributed by atoms with Gasteiger partial charge in [-0.1, -0.05) is 36.8 Å². The predicted octanol–water partition coefficient (Wildman–Crippen LogP) is 2.20. The second-order valence-corrected chi connectivity index (χ2v) is 3.96. The van der Waals surface area contributed by atoms with Crippen LogP contribution in [0.5, 0.6) is 0 Å². The zero-order chi connectivity index (χ0) is 11.8. The molecule has 0 aliphatic rings. The second-order valence-electron chi connectivity index (χ2n) is 3.96. The van der Waals surface area contributed by atoms with Crippen molar-refractivity contribution in [3.63, 3.8) is 0 Å². The molecule has 1 aromatic rings. The van der Waals surface area contributed by atoms with Crippen LogP contribution < -0.4 is 11.3 Å². The van der Waals surface area contributed by atoms with Gasteiger partial charge in [-0.25, -0.2) is 5.84 Å². The van der Waals surface area contributed by atoms with Gasteiger partial charge in [-0.3, -0.25) is 4.99 Å². The molecule has 0 spiro atoms. The molecule has 0 aliphatic carbocycles. The zero-order valence-corrected chi connectivity index (χ0v) is 10.2. The minimum absolute atomic E-state index is 0.841. The first-order valence-electron chi connectivity index (χ1n) is 5.81. The van der Waals surface area contributed by atoms with Gasteiger partial charge in [0.15, 0.2) is 0 Å². The average Bonchev–Trinajstić information content (AvgIpc) is 2.32. The smallest absolute Gasteiger partial charge is 0.111 e. The van der Waals surface area contributed by atoms with E-state index in [-0.39, 0.29) is 0 Å². The first-order valence-corrected chi connectivity index (χ1v) is 5.81. The lowest BCUT2D eigenvalue weighted by Gasteiger charge is -2.06. The van der Waals surface area contributed by atoms with Crippen LogP contribution >= 0.6 is 0 Å². The Labute approximate surface area is 97.7 Å². The first-order chi connectivity index (χ1) is 7.76. The fourth-order valence-electron chi connectivity index (χ4n) is 1.46. The van der Waals surface area contributed by atoms with E-state index in [0.717, 1.165) is 31.6 Å². The largest absolute Gasteiger partial charge is 0.312 e. The van der Waals surface area contributed by atoms with Crippen molar-refractivity contribution in [2.75, 3.05) is 6.54 Å². The van der Waals surface area contributed by atoms with Crippen LogP contribution in [0, 0.1) is 6.92 Å². The third-order valence-corrected chi connectivity index (χ3v) is 2.46. The Hall–Kier alpha value is -1.35. The summed E-state index contributed by atoms with van der Waals surface area (Å²) in [5, 5.41) is 0. The number of nitrogens with zero attached hydrogens (tertiary/aromatic N) is 1. The van der Waals surface area contributed by atoms with Crippen molar-refractivity contribution in [2.24, 2.45) is 10.8 Å². The molecule has 0 amide bonds. The molecule has 0 heterocycles. The van der Waals surface area contributed by atoms with Crippen molar-refractivity contribution in [3.05, 3.63) is 35.4 Å². The lowest BCUT2D eigenvalue weighted by Crippen LogP contribution is -2.30. The van der Waals surface area contributed by atoms with Gasteiger partial charge in [0.2, 0.25) is 0 Å². The highest BCUT2D eigenvalue weighted by Crippen LogP contribution is 2.05. The highest BCUT2D eigenvalue weighted by molar-refractivity contribution is 5.81. The standard InChI is InChI=1S/C13H21N3/c1-3-10-15-13(16-14)9-8-12-6-4-11(2)5-7-12/h4-7H,3,8-10,14H2,1-2H3,(H,15,16). The van der Waals surface area contributed by atoms with E-state index >= 15 is 0 Å². The second kappa shape index (κ2) is 7.01. The number of nitrogens with two attached hydrogens (primary N) is 1. The Morgan fingerprint density at radius 2 is 2.00 bits per heavy atom. The van der Waals surface area contributed by atoms with Gasteiger partial charge in [-0.15, -0.1) is 0 Å². The maximum Gasteiger partial charge on any atom is 0.111 e. The highest BCUT2D eigenvalue weighted by Gasteiger charge is 1.98. The molecule has 0 atom stereocenters. The molecule has 1 aromatic carbocycles. The van der Waals surface area contributed by atoms with Crippen LogP contribution in [0.1, 0.15) is 30.9 Å². The van der Waals surface area contributed by atoms with Crippen LogP contribution in [0.3, 0.4) is 0 Å². The van der Waals surface area contributed by atoms with E-state index in [1.165, 1.54) is 11.1 Å². The average molecular weight is 219 g/mol. The molecule has 0 saturated heterocycles. The SMILES string of the molecule is CCCN=C(CCc1ccc(C)cc1)NN. The maximum absolute atomic E-state index is 5.42. The molecule has 3 heteroatoms. The summed E-state index contributed by atoms with van der Waals surface area (Å²) in [5.41, 5.74) is 5.28. The number of hydrogen-bond acceptors (Lipinski definition) is 2. The number of nitrogens with one attached hydrogen (secondary N) is 1. The molecule has 88 valence electrons. The molecule has 0 aliphatic heterocycles. The van der Waals surface area contributed by atoms with Crippen molar-refractivity contribution in [3.8, 4) is 0 Å². The van der Waals surface area contributed by atoms with Gasteiger partial charge in [-0.2, -0.15) is 0 Å². The Kier molecular flexibility index (Phi) is 5.57. The number of hydrogen-bond donors (Lipinski definition) is 2. The third kappa shape index (κ3) is 4.45. The van der Waals surface area contributed by atoms with E-state index in [2.05, 4.69) is 48.5 Å². The molecule has 3 nitrogen and oxygen atoms in total. The summed E-state index contributed by atoms with van der Waals surface area (Å²) < 4.78 is 0. The summed E-state index contributed by atoms with van der Waals surface area (Å²) in [5.74, 6) is 6.31. The van der Waals surface area contributed by atoms with E-state index in [1.807, 2.05) is 0 Å². The van der Waals surface area contributed by atoms with Crippen LogP contribution in [0.2, 0.25) is 0 Å². The van der Waals surface area contributed by atoms with Gasteiger partial charge in [0.25, 0.3) is 0 Å². The predicted molar refractivity (Wildman–Crippen MR) is 69.4 cm³/mol.